The highest BCUT2D eigenvalue weighted by Crippen LogP contribution is 2.24. The molecule has 1 aliphatic heterocycles. The van der Waals surface area contributed by atoms with E-state index in [1.165, 1.54) is 0 Å². The van der Waals surface area contributed by atoms with Gasteiger partial charge in [0.1, 0.15) is 6.10 Å². The van der Waals surface area contributed by atoms with Crippen LogP contribution in [0.3, 0.4) is 0 Å². The Bertz CT molecular complexity index is 172. The second-order valence-corrected chi connectivity index (χ2v) is 4.40. The lowest BCUT2D eigenvalue weighted by Crippen LogP contribution is -2.49. The van der Waals surface area contributed by atoms with Crippen molar-refractivity contribution in [3.63, 3.8) is 0 Å². The molecule has 1 rings (SSSR count). The maximum absolute atomic E-state index is 9.64. The van der Waals surface area contributed by atoms with Crippen LogP contribution in [0.5, 0.6) is 0 Å². The van der Waals surface area contributed by atoms with Crippen LogP contribution in [0.1, 0.15) is 26.7 Å². The van der Waals surface area contributed by atoms with Crippen LogP contribution in [0.2, 0.25) is 0 Å². The van der Waals surface area contributed by atoms with Crippen molar-refractivity contribution in [3.8, 4) is 0 Å². The van der Waals surface area contributed by atoms with Gasteiger partial charge in [-0.05, 0) is 12.3 Å². The molecule has 0 saturated carbocycles. The van der Waals surface area contributed by atoms with E-state index in [2.05, 4.69) is 0 Å². The van der Waals surface area contributed by atoms with Crippen molar-refractivity contribution in [1.82, 2.24) is 0 Å². The SMILES string of the molecule is CC(C)CC1OC(CO)CC(O)C1O. The highest BCUT2D eigenvalue weighted by atomic mass is 16.5. The van der Waals surface area contributed by atoms with Crippen LogP contribution in [0.25, 0.3) is 0 Å². The predicted octanol–water partition coefficient (Wildman–Crippen LogP) is -0.0959. The van der Waals surface area contributed by atoms with Crippen molar-refractivity contribution in [1.29, 1.82) is 0 Å². The summed E-state index contributed by atoms with van der Waals surface area (Å²) in [5, 5.41) is 28.1. The molecule has 4 nitrogen and oxygen atoms in total. The number of aliphatic hydroxyl groups is 3. The summed E-state index contributed by atoms with van der Waals surface area (Å²) in [6.45, 7) is 3.97. The second kappa shape index (κ2) is 5.07. The molecule has 84 valence electrons. The molecule has 0 aromatic rings. The van der Waals surface area contributed by atoms with E-state index in [1.807, 2.05) is 13.8 Å². The van der Waals surface area contributed by atoms with Gasteiger partial charge < -0.3 is 20.1 Å². The van der Waals surface area contributed by atoms with Gasteiger partial charge in [-0.2, -0.15) is 0 Å². The minimum absolute atomic E-state index is 0.0988. The van der Waals surface area contributed by atoms with Crippen molar-refractivity contribution >= 4 is 0 Å². The third-order valence-electron chi connectivity index (χ3n) is 2.55. The van der Waals surface area contributed by atoms with Crippen molar-refractivity contribution in [3.05, 3.63) is 0 Å². The summed E-state index contributed by atoms with van der Waals surface area (Å²) < 4.78 is 5.47. The Labute approximate surface area is 84.5 Å². The van der Waals surface area contributed by atoms with E-state index in [9.17, 15) is 10.2 Å². The Hall–Kier alpha value is -0.160. The maximum atomic E-state index is 9.64. The molecule has 4 heteroatoms. The fourth-order valence-corrected chi connectivity index (χ4v) is 1.82. The zero-order chi connectivity index (χ0) is 10.7. The first-order valence-electron chi connectivity index (χ1n) is 5.17. The monoisotopic (exact) mass is 204 g/mol. The van der Waals surface area contributed by atoms with Gasteiger partial charge in [-0.25, -0.2) is 0 Å². The smallest absolute Gasteiger partial charge is 0.106 e. The standard InChI is InChI=1S/C10H20O4/c1-6(2)3-9-10(13)8(12)4-7(5-11)14-9/h6-13H,3-5H2,1-2H3. The first-order chi connectivity index (χ1) is 6.54. The van der Waals surface area contributed by atoms with Gasteiger partial charge >= 0.3 is 0 Å². The Kier molecular flexibility index (Phi) is 4.31. The van der Waals surface area contributed by atoms with Crippen LogP contribution in [0.15, 0.2) is 0 Å². The molecule has 14 heavy (non-hydrogen) atoms. The van der Waals surface area contributed by atoms with E-state index >= 15 is 0 Å². The van der Waals surface area contributed by atoms with Gasteiger partial charge in [0.25, 0.3) is 0 Å². The van der Waals surface area contributed by atoms with Gasteiger partial charge in [-0.3, -0.25) is 0 Å². The fraction of sp³-hybridized carbons (Fsp3) is 1.00. The van der Waals surface area contributed by atoms with Crippen LogP contribution in [-0.4, -0.2) is 46.3 Å². The number of rotatable bonds is 3. The third kappa shape index (κ3) is 2.92. The summed E-state index contributed by atoms with van der Waals surface area (Å²) in [5.41, 5.74) is 0. The van der Waals surface area contributed by atoms with Crippen LogP contribution >= 0.6 is 0 Å². The average molecular weight is 204 g/mol. The normalized spacial score (nSPS) is 39.0. The highest BCUT2D eigenvalue weighted by molar-refractivity contribution is 4.85. The zero-order valence-corrected chi connectivity index (χ0v) is 8.76. The molecule has 1 fully saturated rings. The van der Waals surface area contributed by atoms with Crippen molar-refractivity contribution < 1.29 is 20.1 Å². The third-order valence-corrected chi connectivity index (χ3v) is 2.55. The van der Waals surface area contributed by atoms with E-state index in [1.54, 1.807) is 0 Å². The van der Waals surface area contributed by atoms with Crippen molar-refractivity contribution in [2.75, 3.05) is 6.61 Å². The molecule has 0 aliphatic carbocycles. The quantitative estimate of drug-likeness (QED) is 0.600. The second-order valence-electron chi connectivity index (χ2n) is 4.40. The van der Waals surface area contributed by atoms with Gasteiger partial charge in [0, 0.05) is 6.42 Å². The maximum Gasteiger partial charge on any atom is 0.106 e. The summed E-state index contributed by atoms with van der Waals surface area (Å²) in [7, 11) is 0. The molecular weight excluding hydrogens is 184 g/mol. The molecular formula is C10H20O4. The van der Waals surface area contributed by atoms with Gasteiger partial charge in [0.05, 0.1) is 24.9 Å². The van der Waals surface area contributed by atoms with E-state index in [0.29, 0.717) is 18.8 Å². The first-order valence-corrected chi connectivity index (χ1v) is 5.17. The summed E-state index contributed by atoms with van der Waals surface area (Å²) in [5.74, 6) is 0.402. The molecule has 0 spiro atoms. The number of hydrogen-bond acceptors (Lipinski definition) is 4. The first kappa shape index (κ1) is 11.9. The van der Waals surface area contributed by atoms with E-state index in [4.69, 9.17) is 9.84 Å². The van der Waals surface area contributed by atoms with E-state index in [0.717, 1.165) is 0 Å². The average Bonchev–Trinajstić information content (AvgIpc) is 2.11. The Morgan fingerprint density at radius 1 is 1.36 bits per heavy atom. The van der Waals surface area contributed by atoms with Crippen LogP contribution in [0.4, 0.5) is 0 Å². The van der Waals surface area contributed by atoms with E-state index in [-0.39, 0.29) is 18.8 Å². The Balaban J connectivity index is 2.53. The molecule has 0 aromatic carbocycles. The molecule has 0 aromatic heterocycles. The summed E-state index contributed by atoms with van der Waals surface area (Å²) >= 11 is 0. The fourth-order valence-electron chi connectivity index (χ4n) is 1.82. The number of ether oxygens (including phenoxy) is 1. The molecule has 0 radical (unpaired) electrons. The summed E-state index contributed by atoms with van der Waals surface area (Å²) in [6, 6.07) is 0. The Morgan fingerprint density at radius 3 is 2.50 bits per heavy atom. The number of hydrogen-bond donors (Lipinski definition) is 3. The zero-order valence-electron chi connectivity index (χ0n) is 8.76. The van der Waals surface area contributed by atoms with Crippen LogP contribution in [-0.2, 0) is 4.74 Å². The molecule has 0 bridgehead atoms. The lowest BCUT2D eigenvalue weighted by molar-refractivity contribution is -0.181. The van der Waals surface area contributed by atoms with Gasteiger partial charge in [-0.1, -0.05) is 13.8 Å². The van der Waals surface area contributed by atoms with Gasteiger partial charge in [0.15, 0.2) is 0 Å². The molecule has 4 unspecified atom stereocenters. The van der Waals surface area contributed by atoms with Crippen LogP contribution in [0, 0.1) is 5.92 Å². The van der Waals surface area contributed by atoms with Crippen LogP contribution < -0.4 is 0 Å². The predicted molar refractivity (Wildman–Crippen MR) is 51.8 cm³/mol. The lowest BCUT2D eigenvalue weighted by atomic mass is 9.92. The molecule has 1 saturated heterocycles. The molecule has 1 heterocycles. The molecule has 4 atom stereocenters. The summed E-state index contributed by atoms with van der Waals surface area (Å²) in [6.07, 6.45) is -1.26. The molecule has 0 amide bonds. The van der Waals surface area contributed by atoms with E-state index < -0.39 is 12.2 Å². The lowest BCUT2D eigenvalue weighted by Gasteiger charge is -2.37. The van der Waals surface area contributed by atoms with Crippen molar-refractivity contribution in [2.45, 2.75) is 51.1 Å². The minimum Gasteiger partial charge on any atom is -0.394 e. The summed E-state index contributed by atoms with van der Waals surface area (Å²) in [4.78, 5) is 0. The van der Waals surface area contributed by atoms with Gasteiger partial charge in [0.2, 0.25) is 0 Å². The van der Waals surface area contributed by atoms with Gasteiger partial charge in [-0.15, -0.1) is 0 Å². The molecule has 1 aliphatic rings. The largest absolute Gasteiger partial charge is 0.394 e. The molecule has 3 N–H and O–H groups in total. The Morgan fingerprint density at radius 2 is 2.00 bits per heavy atom. The van der Waals surface area contributed by atoms with Crippen molar-refractivity contribution in [2.24, 2.45) is 5.92 Å². The number of aliphatic hydroxyl groups excluding tert-OH is 3. The highest BCUT2D eigenvalue weighted by Gasteiger charge is 2.36. The minimum atomic E-state index is -0.819. The topological polar surface area (TPSA) is 69.9 Å².